The Bertz CT molecular complexity index is 455. The molecule has 2 fully saturated rings. The highest BCUT2D eigenvalue weighted by Crippen LogP contribution is 2.73. The van der Waals surface area contributed by atoms with Crippen LogP contribution in [0.15, 0.2) is 4.52 Å². The molecular weight excluding hydrogens is 226 g/mol. The maximum Gasteiger partial charge on any atom is 0.230 e. The molecule has 2 aliphatic carbocycles. The highest BCUT2D eigenvalue weighted by molar-refractivity contribution is 5.25. The molecule has 2 N–H and O–H groups in total. The lowest BCUT2D eigenvalue weighted by Crippen LogP contribution is -2.34. The van der Waals surface area contributed by atoms with Crippen molar-refractivity contribution >= 4 is 0 Å². The smallest absolute Gasteiger partial charge is 0.230 e. The molecule has 1 aromatic heterocycles. The minimum absolute atomic E-state index is 0.230. The molecule has 4 heteroatoms. The van der Waals surface area contributed by atoms with Crippen molar-refractivity contribution in [1.29, 1.82) is 0 Å². The van der Waals surface area contributed by atoms with Crippen LogP contribution < -0.4 is 5.73 Å². The van der Waals surface area contributed by atoms with Gasteiger partial charge in [0, 0.05) is 5.92 Å². The fourth-order valence-electron chi connectivity index (χ4n) is 3.60. The Morgan fingerprint density at radius 3 is 2.17 bits per heavy atom. The van der Waals surface area contributed by atoms with Crippen molar-refractivity contribution in [1.82, 2.24) is 10.1 Å². The van der Waals surface area contributed by atoms with Gasteiger partial charge in [-0.2, -0.15) is 4.98 Å². The van der Waals surface area contributed by atoms with Crippen molar-refractivity contribution in [3.8, 4) is 0 Å². The van der Waals surface area contributed by atoms with Crippen LogP contribution in [0.25, 0.3) is 0 Å². The van der Waals surface area contributed by atoms with Crippen LogP contribution in [0.4, 0.5) is 0 Å². The SMILES string of the molecule is CC1(C)C(c2nc(C3(N)CCCC3)no2)C1(C)C. The van der Waals surface area contributed by atoms with Gasteiger partial charge in [-0.05, 0) is 23.7 Å². The first kappa shape index (κ1) is 12.2. The maximum atomic E-state index is 6.36. The van der Waals surface area contributed by atoms with Crippen LogP contribution in [-0.4, -0.2) is 10.1 Å². The zero-order chi connectivity index (χ0) is 13.2. The minimum atomic E-state index is -0.342. The van der Waals surface area contributed by atoms with Crippen molar-refractivity contribution < 1.29 is 4.52 Å². The van der Waals surface area contributed by atoms with Gasteiger partial charge in [-0.15, -0.1) is 0 Å². The van der Waals surface area contributed by atoms with Crippen LogP contribution in [0.2, 0.25) is 0 Å². The van der Waals surface area contributed by atoms with Gasteiger partial charge in [-0.25, -0.2) is 0 Å². The van der Waals surface area contributed by atoms with Gasteiger partial charge in [-0.3, -0.25) is 0 Å². The highest BCUT2D eigenvalue weighted by atomic mass is 16.5. The number of aromatic nitrogens is 2. The van der Waals surface area contributed by atoms with Gasteiger partial charge in [0.05, 0.1) is 5.54 Å². The Hall–Kier alpha value is -0.900. The summed E-state index contributed by atoms with van der Waals surface area (Å²) in [5.41, 5.74) is 6.48. The third kappa shape index (κ3) is 1.41. The van der Waals surface area contributed by atoms with E-state index in [0.29, 0.717) is 11.7 Å². The lowest BCUT2D eigenvalue weighted by atomic mass is 9.98. The molecule has 0 unspecified atom stereocenters. The number of nitrogens with zero attached hydrogens (tertiary/aromatic N) is 2. The van der Waals surface area contributed by atoms with Gasteiger partial charge in [0.15, 0.2) is 5.82 Å². The third-order valence-corrected chi connectivity index (χ3v) is 5.65. The summed E-state index contributed by atoms with van der Waals surface area (Å²) in [6, 6.07) is 0. The van der Waals surface area contributed by atoms with E-state index >= 15 is 0 Å². The predicted octanol–water partition coefficient (Wildman–Crippen LogP) is 2.95. The Labute approximate surface area is 108 Å². The molecule has 1 heterocycles. The number of hydrogen-bond donors (Lipinski definition) is 1. The average molecular weight is 249 g/mol. The summed E-state index contributed by atoms with van der Waals surface area (Å²) < 4.78 is 5.50. The van der Waals surface area contributed by atoms with E-state index in [1.807, 2.05) is 0 Å². The van der Waals surface area contributed by atoms with Gasteiger partial charge < -0.3 is 10.3 Å². The van der Waals surface area contributed by atoms with Gasteiger partial charge in [0.1, 0.15) is 0 Å². The van der Waals surface area contributed by atoms with E-state index < -0.39 is 0 Å². The Kier molecular flexibility index (Phi) is 2.26. The first-order chi connectivity index (χ1) is 8.29. The lowest BCUT2D eigenvalue weighted by molar-refractivity contribution is 0.341. The zero-order valence-corrected chi connectivity index (χ0v) is 11.8. The molecular formula is C14H23N3O. The van der Waals surface area contributed by atoms with Crippen molar-refractivity contribution in [3.05, 3.63) is 11.7 Å². The molecule has 0 aliphatic heterocycles. The maximum absolute atomic E-state index is 6.36. The van der Waals surface area contributed by atoms with Gasteiger partial charge >= 0.3 is 0 Å². The molecule has 0 saturated heterocycles. The van der Waals surface area contributed by atoms with E-state index in [1.165, 1.54) is 12.8 Å². The number of rotatable bonds is 2. The molecule has 0 atom stereocenters. The molecule has 0 aromatic carbocycles. The summed E-state index contributed by atoms with van der Waals surface area (Å²) in [6.07, 6.45) is 4.29. The van der Waals surface area contributed by atoms with Crippen LogP contribution in [0, 0.1) is 10.8 Å². The Morgan fingerprint density at radius 2 is 1.67 bits per heavy atom. The fourth-order valence-corrected chi connectivity index (χ4v) is 3.60. The monoisotopic (exact) mass is 249 g/mol. The van der Waals surface area contributed by atoms with Crippen molar-refractivity contribution in [3.63, 3.8) is 0 Å². The molecule has 0 bridgehead atoms. The summed E-state index contributed by atoms with van der Waals surface area (Å²) in [6.45, 7) is 9.04. The van der Waals surface area contributed by atoms with E-state index in [4.69, 9.17) is 10.3 Å². The standard InChI is InChI=1S/C14H23N3O/c1-12(2)9(13(12,3)4)10-16-11(17-18-10)14(15)7-5-6-8-14/h9H,5-8,15H2,1-4H3. The average Bonchev–Trinajstić information content (AvgIpc) is 2.77. The number of nitrogens with two attached hydrogens (primary N) is 1. The van der Waals surface area contributed by atoms with Gasteiger partial charge in [0.2, 0.25) is 5.89 Å². The van der Waals surface area contributed by atoms with Crippen LogP contribution >= 0.6 is 0 Å². The predicted molar refractivity (Wildman–Crippen MR) is 68.9 cm³/mol. The second kappa shape index (κ2) is 3.35. The molecule has 3 rings (SSSR count). The van der Waals surface area contributed by atoms with Crippen molar-refractivity contribution in [2.24, 2.45) is 16.6 Å². The molecule has 1 aromatic rings. The molecule has 100 valence electrons. The molecule has 0 amide bonds. The molecule has 18 heavy (non-hydrogen) atoms. The van der Waals surface area contributed by atoms with Crippen LogP contribution in [-0.2, 0) is 5.54 Å². The van der Waals surface area contributed by atoms with Crippen molar-refractivity contribution in [2.45, 2.75) is 64.8 Å². The summed E-state index contributed by atoms with van der Waals surface area (Å²) in [5.74, 6) is 1.85. The van der Waals surface area contributed by atoms with E-state index in [-0.39, 0.29) is 16.4 Å². The minimum Gasteiger partial charge on any atom is -0.339 e. The first-order valence-electron chi connectivity index (χ1n) is 6.92. The summed E-state index contributed by atoms with van der Waals surface area (Å²) in [4.78, 5) is 4.61. The lowest BCUT2D eigenvalue weighted by Gasteiger charge is -2.17. The Morgan fingerprint density at radius 1 is 1.11 bits per heavy atom. The van der Waals surface area contributed by atoms with Gasteiger partial charge in [0.25, 0.3) is 0 Å². The second-order valence-corrected chi connectivity index (χ2v) is 7.20. The zero-order valence-electron chi connectivity index (χ0n) is 11.8. The van der Waals surface area contributed by atoms with Crippen LogP contribution in [0.3, 0.4) is 0 Å². The summed E-state index contributed by atoms with van der Waals surface area (Å²) in [7, 11) is 0. The van der Waals surface area contributed by atoms with Crippen molar-refractivity contribution in [2.75, 3.05) is 0 Å². The summed E-state index contributed by atoms with van der Waals surface area (Å²) in [5, 5.41) is 4.15. The molecule has 4 nitrogen and oxygen atoms in total. The Balaban J connectivity index is 1.88. The quantitative estimate of drug-likeness (QED) is 0.875. The summed E-state index contributed by atoms with van der Waals surface area (Å²) >= 11 is 0. The topological polar surface area (TPSA) is 64.9 Å². The van der Waals surface area contributed by atoms with Gasteiger partial charge in [-0.1, -0.05) is 45.7 Å². The molecule has 2 saturated carbocycles. The first-order valence-corrected chi connectivity index (χ1v) is 6.92. The highest BCUT2D eigenvalue weighted by Gasteiger charge is 2.68. The third-order valence-electron chi connectivity index (χ3n) is 5.65. The molecule has 0 radical (unpaired) electrons. The van der Waals surface area contributed by atoms with E-state index in [9.17, 15) is 0 Å². The van der Waals surface area contributed by atoms with Crippen LogP contribution in [0.5, 0.6) is 0 Å². The molecule has 0 spiro atoms. The van der Waals surface area contributed by atoms with E-state index in [0.717, 1.165) is 18.7 Å². The largest absolute Gasteiger partial charge is 0.339 e. The fraction of sp³-hybridized carbons (Fsp3) is 0.857. The number of hydrogen-bond acceptors (Lipinski definition) is 4. The van der Waals surface area contributed by atoms with Crippen LogP contribution in [0.1, 0.15) is 71.0 Å². The second-order valence-electron chi connectivity index (χ2n) is 7.20. The van der Waals surface area contributed by atoms with E-state index in [1.54, 1.807) is 0 Å². The molecule has 2 aliphatic rings. The normalized spacial score (nSPS) is 28.5. The van der Waals surface area contributed by atoms with E-state index in [2.05, 4.69) is 37.8 Å².